The SMILES string of the molecule is CCC(C)C1(O)C(C)C(=O)c2c(c(Cl)c3ccc(-c4ccc5c(Cl)c6c(c(O)c5c4O)C(=O)C(C)C(O)(C(C)C)C6/C(=C\C(=O)O)OC)c(O)c3c2O)C1/C(=C/C(=O)O)OC. The summed E-state index contributed by atoms with van der Waals surface area (Å²) in [7, 11) is 2.39. The highest BCUT2D eigenvalue weighted by Crippen LogP contribution is 2.60. The van der Waals surface area contributed by atoms with Crippen molar-refractivity contribution in [3.63, 3.8) is 0 Å². The van der Waals surface area contributed by atoms with Gasteiger partial charge in [0.15, 0.2) is 11.6 Å². The van der Waals surface area contributed by atoms with Crippen molar-refractivity contribution in [3.8, 4) is 34.1 Å². The van der Waals surface area contributed by atoms with Gasteiger partial charge in [-0.1, -0.05) is 83.3 Å². The Bertz CT molecular complexity index is 2650. The molecule has 4 aromatic rings. The number of hydrogen-bond donors (Lipinski definition) is 8. The van der Waals surface area contributed by atoms with Crippen LogP contribution in [-0.4, -0.2) is 89.8 Å². The first-order valence-electron chi connectivity index (χ1n) is 19.4. The van der Waals surface area contributed by atoms with Crippen molar-refractivity contribution in [1.82, 2.24) is 0 Å². The third-order valence-corrected chi connectivity index (χ3v) is 14.0. The summed E-state index contributed by atoms with van der Waals surface area (Å²) < 4.78 is 11.0. The molecule has 6 rings (SSSR count). The van der Waals surface area contributed by atoms with E-state index in [0.29, 0.717) is 6.42 Å². The molecule has 0 saturated heterocycles. The van der Waals surface area contributed by atoms with Gasteiger partial charge in [0.25, 0.3) is 0 Å². The number of Topliss-reactive ketones (excluding diaryl/α,β-unsaturated/α-hetero) is 2. The Labute approximate surface area is 359 Å². The van der Waals surface area contributed by atoms with Gasteiger partial charge in [0, 0.05) is 33.7 Å². The summed E-state index contributed by atoms with van der Waals surface area (Å²) in [5, 5.41) is 90.8. The Balaban J connectivity index is 1.67. The van der Waals surface area contributed by atoms with E-state index in [9.17, 15) is 60.0 Å². The minimum atomic E-state index is -1.96. The Morgan fingerprint density at radius 2 is 1.05 bits per heavy atom. The molecule has 8 N–H and O–H groups in total. The summed E-state index contributed by atoms with van der Waals surface area (Å²) in [4.78, 5) is 52.3. The molecule has 0 radical (unpaired) electrons. The first-order valence-corrected chi connectivity index (χ1v) is 20.2. The van der Waals surface area contributed by atoms with Gasteiger partial charge in [0.2, 0.25) is 0 Å². The maximum Gasteiger partial charge on any atom is 0.331 e. The standard InChI is InChI=1S/C45H46Cl2O14/c1-9-17(4)45(59)19(6)39(53)33-31(35(45)25(61-8)15-27(50)51)37(47)23-13-11-21(41(55)29(23)43(33)57)20-10-12-22-28(40(20)54)42(56)32-30(36(22)46)34(24(60-7)14-26(48)49)44(58,16(2)3)18(5)38(32)52/h10-19,34-35,54-59H,9H2,1-8H3,(H,48,49)(H,50,51)/b24-14+,25-15-. The molecular weight excluding hydrogens is 835 g/mol. The molecule has 0 spiro atoms. The van der Waals surface area contributed by atoms with Gasteiger partial charge in [-0.2, -0.15) is 0 Å². The Hall–Kier alpha value is -5.54. The molecule has 2 aliphatic carbocycles. The van der Waals surface area contributed by atoms with E-state index in [4.69, 9.17) is 32.7 Å². The predicted molar refractivity (Wildman–Crippen MR) is 226 cm³/mol. The number of phenols is 4. The molecule has 0 saturated carbocycles. The highest BCUT2D eigenvalue weighted by atomic mass is 35.5. The van der Waals surface area contributed by atoms with Gasteiger partial charge in [-0.05, 0) is 35.1 Å². The Morgan fingerprint density at radius 1 is 0.689 bits per heavy atom. The monoisotopic (exact) mass is 880 g/mol. The number of ketones is 2. The van der Waals surface area contributed by atoms with E-state index in [1.165, 1.54) is 52.3 Å². The number of carboxylic acid groups (broad SMARTS) is 2. The van der Waals surface area contributed by atoms with Crippen LogP contribution in [0.2, 0.25) is 10.0 Å². The summed E-state index contributed by atoms with van der Waals surface area (Å²) in [5.74, 6) is -14.3. The van der Waals surface area contributed by atoms with Crippen molar-refractivity contribution < 1.29 is 69.5 Å². The van der Waals surface area contributed by atoms with Crippen molar-refractivity contribution in [1.29, 1.82) is 0 Å². The van der Waals surface area contributed by atoms with Crippen LogP contribution in [0.1, 0.15) is 91.6 Å². The molecule has 0 amide bonds. The van der Waals surface area contributed by atoms with Gasteiger partial charge in [-0.3, -0.25) is 9.59 Å². The van der Waals surface area contributed by atoms with E-state index >= 15 is 0 Å². The number of methoxy groups -OCH3 is 2. The fraction of sp³-hybridized carbons (Fsp3) is 0.378. The number of carbonyl (C=O) groups excluding carboxylic acids is 2. The van der Waals surface area contributed by atoms with Crippen LogP contribution in [0.4, 0.5) is 0 Å². The number of hydrogen-bond acceptors (Lipinski definition) is 12. The van der Waals surface area contributed by atoms with Crippen molar-refractivity contribution in [2.24, 2.45) is 23.7 Å². The second kappa shape index (κ2) is 15.7. The summed E-state index contributed by atoms with van der Waals surface area (Å²) in [5.41, 5.74) is -5.23. The van der Waals surface area contributed by atoms with Crippen molar-refractivity contribution in [3.05, 3.63) is 80.2 Å². The molecule has 14 nitrogen and oxygen atoms in total. The summed E-state index contributed by atoms with van der Waals surface area (Å²) in [6, 6.07) is 5.39. The zero-order chi connectivity index (χ0) is 45.5. The van der Waals surface area contributed by atoms with Crippen LogP contribution in [0.15, 0.2) is 47.9 Å². The third kappa shape index (κ3) is 6.28. The predicted octanol–water partition coefficient (Wildman–Crippen LogP) is 8.02. The largest absolute Gasteiger partial charge is 0.507 e. The molecule has 0 heterocycles. The van der Waals surface area contributed by atoms with E-state index in [-0.39, 0.29) is 65.4 Å². The highest BCUT2D eigenvalue weighted by Gasteiger charge is 2.58. The topological polar surface area (TPSA) is 249 Å². The molecule has 0 bridgehead atoms. The van der Waals surface area contributed by atoms with Crippen LogP contribution >= 0.6 is 23.2 Å². The minimum Gasteiger partial charge on any atom is -0.507 e. The molecule has 4 aromatic carbocycles. The van der Waals surface area contributed by atoms with E-state index in [0.717, 1.165) is 12.2 Å². The minimum absolute atomic E-state index is 0.0179. The van der Waals surface area contributed by atoms with Gasteiger partial charge in [0.05, 0.1) is 81.4 Å². The molecule has 2 aliphatic rings. The van der Waals surface area contributed by atoms with Crippen molar-refractivity contribution in [2.45, 2.75) is 71.0 Å². The summed E-state index contributed by atoms with van der Waals surface area (Å²) in [6.07, 6.45) is 1.83. The Morgan fingerprint density at radius 3 is 1.38 bits per heavy atom. The lowest BCUT2D eigenvalue weighted by molar-refractivity contribution is -0.132. The zero-order valence-corrected chi connectivity index (χ0v) is 35.9. The Kier molecular flexibility index (Phi) is 11.6. The molecule has 7 unspecified atom stereocenters. The number of benzene rings is 4. The number of ether oxygens (including phenoxy) is 2. The number of rotatable bonds is 10. The average Bonchev–Trinajstić information content (AvgIpc) is 3.20. The van der Waals surface area contributed by atoms with E-state index in [1.807, 2.05) is 0 Å². The van der Waals surface area contributed by atoms with E-state index in [2.05, 4.69) is 0 Å². The van der Waals surface area contributed by atoms with Crippen LogP contribution in [0.3, 0.4) is 0 Å². The second-order valence-corrected chi connectivity index (χ2v) is 16.9. The number of aromatic hydroxyl groups is 4. The van der Waals surface area contributed by atoms with Crippen LogP contribution < -0.4 is 0 Å². The van der Waals surface area contributed by atoms with Gasteiger partial charge in [0.1, 0.15) is 34.5 Å². The van der Waals surface area contributed by atoms with E-state index in [1.54, 1.807) is 27.7 Å². The fourth-order valence-electron chi connectivity index (χ4n) is 9.71. The molecule has 0 fully saturated rings. The number of carbonyl (C=O) groups is 4. The maximum atomic E-state index is 14.3. The third-order valence-electron chi connectivity index (χ3n) is 13.1. The molecule has 0 aliphatic heterocycles. The van der Waals surface area contributed by atoms with E-state index < -0.39 is 104 Å². The normalized spacial score (nSPS) is 24.8. The zero-order valence-electron chi connectivity index (χ0n) is 34.4. The number of phenolic OH excluding ortho intramolecular Hbond substituents is 4. The first kappa shape index (κ1) is 45.0. The van der Waals surface area contributed by atoms with Crippen molar-refractivity contribution >= 4 is 68.3 Å². The van der Waals surface area contributed by atoms with Gasteiger partial charge >= 0.3 is 11.9 Å². The number of carboxylic acids is 2. The lowest BCUT2D eigenvalue weighted by Crippen LogP contribution is -2.55. The number of fused-ring (bicyclic) bond motifs is 4. The van der Waals surface area contributed by atoms with Crippen LogP contribution in [0, 0.1) is 23.7 Å². The number of halogens is 2. The van der Waals surface area contributed by atoms with Crippen LogP contribution in [0.5, 0.6) is 23.0 Å². The lowest BCUT2D eigenvalue weighted by atomic mass is 9.59. The van der Waals surface area contributed by atoms with Crippen LogP contribution in [-0.2, 0) is 19.1 Å². The fourth-order valence-corrected chi connectivity index (χ4v) is 10.4. The molecule has 324 valence electrons. The number of aliphatic hydroxyl groups is 2. The summed E-state index contributed by atoms with van der Waals surface area (Å²) >= 11 is 14.1. The van der Waals surface area contributed by atoms with Crippen LogP contribution in [0.25, 0.3) is 32.7 Å². The first-order chi connectivity index (χ1) is 28.5. The van der Waals surface area contributed by atoms with Gasteiger partial charge in [-0.15, -0.1) is 0 Å². The maximum absolute atomic E-state index is 14.3. The summed E-state index contributed by atoms with van der Waals surface area (Å²) in [6.45, 7) is 9.59. The highest BCUT2D eigenvalue weighted by molar-refractivity contribution is 6.39. The molecule has 16 heteroatoms. The number of aliphatic carboxylic acids is 2. The molecule has 61 heavy (non-hydrogen) atoms. The molecule has 7 atom stereocenters. The average molecular weight is 882 g/mol. The quantitative estimate of drug-likeness (QED) is 0.0555. The van der Waals surface area contributed by atoms with Gasteiger partial charge < -0.3 is 50.3 Å². The smallest absolute Gasteiger partial charge is 0.331 e. The molecular formula is C45H46Cl2O14. The molecule has 0 aromatic heterocycles. The van der Waals surface area contributed by atoms with Gasteiger partial charge in [-0.25, -0.2) is 9.59 Å². The second-order valence-electron chi connectivity index (χ2n) is 16.1. The van der Waals surface area contributed by atoms with Crippen molar-refractivity contribution in [2.75, 3.05) is 14.2 Å². The lowest BCUT2D eigenvalue weighted by Gasteiger charge is -2.48.